The number of aromatic hydroxyl groups is 1. The first-order valence-electron chi connectivity index (χ1n) is 3.55. The molecule has 0 aliphatic heterocycles. The first-order valence-corrected chi connectivity index (χ1v) is 3.93. The van der Waals surface area contributed by atoms with Crippen LogP contribution < -0.4 is 5.73 Å². The Bertz CT molecular complexity index is 340. The van der Waals surface area contributed by atoms with Gasteiger partial charge in [-0.15, -0.1) is 0 Å². The van der Waals surface area contributed by atoms with Gasteiger partial charge in [0.2, 0.25) is 5.91 Å². The molecular formula is C9H8ClNO2. The molecule has 0 fully saturated rings. The van der Waals surface area contributed by atoms with Crippen LogP contribution in [0.1, 0.15) is 5.56 Å². The zero-order valence-electron chi connectivity index (χ0n) is 6.70. The van der Waals surface area contributed by atoms with E-state index in [1.807, 2.05) is 0 Å². The van der Waals surface area contributed by atoms with Crippen LogP contribution >= 0.6 is 11.6 Å². The normalized spacial score (nSPS) is 10.5. The lowest BCUT2D eigenvalue weighted by Crippen LogP contribution is -2.05. The smallest absolute Gasteiger partial charge is 0.241 e. The summed E-state index contributed by atoms with van der Waals surface area (Å²) in [6.07, 6.45) is 2.68. The average molecular weight is 198 g/mol. The third kappa shape index (κ3) is 3.17. The standard InChI is InChI=1S/C9H8ClNO2/c10-7-3-6(1-2-9(11)13)4-8(12)5-7/h1-5,12H,(H2,11,13). The fourth-order valence-electron chi connectivity index (χ4n) is 0.871. The van der Waals surface area contributed by atoms with Gasteiger partial charge in [0.15, 0.2) is 0 Å². The molecule has 0 saturated heterocycles. The second-order valence-corrected chi connectivity index (χ2v) is 2.91. The van der Waals surface area contributed by atoms with Crippen LogP contribution in [0, 0.1) is 0 Å². The third-order valence-corrected chi connectivity index (χ3v) is 1.56. The Morgan fingerprint density at radius 2 is 2.15 bits per heavy atom. The number of nitrogens with two attached hydrogens (primary N) is 1. The van der Waals surface area contributed by atoms with E-state index in [1.165, 1.54) is 24.3 Å². The van der Waals surface area contributed by atoms with Gasteiger partial charge >= 0.3 is 0 Å². The maximum atomic E-state index is 10.4. The first kappa shape index (κ1) is 9.61. The zero-order valence-corrected chi connectivity index (χ0v) is 7.45. The Morgan fingerprint density at radius 1 is 1.46 bits per heavy atom. The Morgan fingerprint density at radius 3 is 2.69 bits per heavy atom. The van der Waals surface area contributed by atoms with Crippen LogP contribution in [0.4, 0.5) is 0 Å². The molecule has 0 unspecified atom stereocenters. The van der Waals surface area contributed by atoms with Gasteiger partial charge < -0.3 is 10.8 Å². The minimum absolute atomic E-state index is 0.0524. The zero-order chi connectivity index (χ0) is 9.84. The molecule has 3 nitrogen and oxygen atoms in total. The van der Waals surface area contributed by atoms with Gasteiger partial charge in [-0.25, -0.2) is 0 Å². The van der Waals surface area contributed by atoms with Crippen molar-refractivity contribution in [2.24, 2.45) is 5.73 Å². The number of benzene rings is 1. The number of hydrogen-bond acceptors (Lipinski definition) is 2. The molecule has 1 aromatic rings. The van der Waals surface area contributed by atoms with Crippen molar-refractivity contribution in [2.75, 3.05) is 0 Å². The molecule has 0 radical (unpaired) electrons. The fourth-order valence-corrected chi connectivity index (χ4v) is 1.11. The van der Waals surface area contributed by atoms with E-state index >= 15 is 0 Å². The molecule has 4 heteroatoms. The molecule has 0 aliphatic carbocycles. The fraction of sp³-hybridized carbons (Fsp3) is 0. The summed E-state index contributed by atoms with van der Waals surface area (Å²) in [5.74, 6) is -0.490. The SMILES string of the molecule is NC(=O)C=Cc1cc(O)cc(Cl)c1. The molecule has 68 valence electrons. The Balaban J connectivity index is 2.95. The van der Waals surface area contributed by atoms with Crippen LogP contribution in [0.5, 0.6) is 5.75 Å². The molecule has 3 N–H and O–H groups in total. The van der Waals surface area contributed by atoms with Crippen LogP contribution in [0.2, 0.25) is 5.02 Å². The monoisotopic (exact) mass is 197 g/mol. The van der Waals surface area contributed by atoms with Crippen LogP contribution in [-0.4, -0.2) is 11.0 Å². The summed E-state index contributed by atoms with van der Waals surface area (Å²) in [6, 6.07) is 4.50. The lowest BCUT2D eigenvalue weighted by Gasteiger charge is -1.96. The number of rotatable bonds is 2. The molecular weight excluding hydrogens is 190 g/mol. The molecule has 0 aromatic heterocycles. The van der Waals surface area contributed by atoms with E-state index in [0.717, 1.165) is 0 Å². The van der Waals surface area contributed by atoms with Gasteiger partial charge in [0.25, 0.3) is 0 Å². The summed E-state index contributed by atoms with van der Waals surface area (Å²) in [4.78, 5) is 10.4. The molecule has 1 amide bonds. The average Bonchev–Trinajstić information content (AvgIpc) is 1.99. The quantitative estimate of drug-likeness (QED) is 0.707. The summed E-state index contributed by atoms with van der Waals surface area (Å²) in [6.45, 7) is 0. The molecule has 0 atom stereocenters. The Kier molecular flexibility index (Phi) is 2.93. The van der Waals surface area contributed by atoms with Gasteiger partial charge in [-0.05, 0) is 29.8 Å². The highest BCUT2D eigenvalue weighted by atomic mass is 35.5. The van der Waals surface area contributed by atoms with Crippen molar-refractivity contribution >= 4 is 23.6 Å². The van der Waals surface area contributed by atoms with E-state index in [-0.39, 0.29) is 5.75 Å². The highest BCUT2D eigenvalue weighted by Crippen LogP contribution is 2.20. The van der Waals surface area contributed by atoms with E-state index in [4.69, 9.17) is 22.4 Å². The summed E-state index contributed by atoms with van der Waals surface area (Å²) in [5.41, 5.74) is 5.52. The largest absolute Gasteiger partial charge is 0.508 e. The highest BCUT2D eigenvalue weighted by molar-refractivity contribution is 6.30. The summed E-state index contributed by atoms with van der Waals surface area (Å²) in [7, 11) is 0. The topological polar surface area (TPSA) is 63.3 Å². The van der Waals surface area contributed by atoms with Gasteiger partial charge in [0.1, 0.15) is 5.75 Å². The molecule has 1 rings (SSSR count). The van der Waals surface area contributed by atoms with Crippen molar-refractivity contribution in [3.63, 3.8) is 0 Å². The second kappa shape index (κ2) is 3.96. The molecule has 0 spiro atoms. The maximum absolute atomic E-state index is 10.4. The van der Waals surface area contributed by atoms with Gasteiger partial charge in [-0.1, -0.05) is 11.6 Å². The lowest BCUT2D eigenvalue weighted by molar-refractivity contribution is -0.113. The van der Waals surface area contributed by atoms with Crippen molar-refractivity contribution in [3.05, 3.63) is 34.9 Å². The molecule has 0 saturated carbocycles. The highest BCUT2D eigenvalue weighted by Gasteiger charge is 1.95. The number of phenols is 1. The lowest BCUT2D eigenvalue weighted by atomic mass is 10.2. The number of hydrogen-bond donors (Lipinski definition) is 2. The van der Waals surface area contributed by atoms with Crippen molar-refractivity contribution in [1.82, 2.24) is 0 Å². The number of carbonyl (C=O) groups excluding carboxylic acids is 1. The minimum atomic E-state index is -0.542. The van der Waals surface area contributed by atoms with Gasteiger partial charge in [-0.3, -0.25) is 4.79 Å². The van der Waals surface area contributed by atoms with Crippen LogP contribution in [0.15, 0.2) is 24.3 Å². The summed E-state index contributed by atoms with van der Waals surface area (Å²) >= 11 is 5.66. The van der Waals surface area contributed by atoms with E-state index in [0.29, 0.717) is 10.6 Å². The van der Waals surface area contributed by atoms with Crippen LogP contribution in [0.3, 0.4) is 0 Å². The van der Waals surface area contributed by atoms with Gasteiger partial charge in [-0.2, -0.15) is 0 Å². The van der Waals surface area contributed by atoms with E-state index < -0.39 is 5.91 Å². The van der Waals surface area contributed by atoms with Crippen molar-refractivity contribution in [3.8, 4) is 5.75 Å². The van der Waals surface area contributed by atoms with E-state index in [9.17, 15) is 4.79 Å². The molecule has 0 heterocycles. The minimum Gasteiger partial charge on any atom is -0.508 e. The van der Waals surface area contributed by atoms with Crippen LogP contribution in [-0.2, 0) is 4.79 Å². The van der Waals surface area contributed by atoms with Crippen LogP contribution in [0.25, 0.3) is 6.08 Å². The Labute approximate surface area is 80.4 Å². The van der Waals surface area contributed by atoms with Crippen molar-refractivity contribution < 1.29 is 9.90 Å². The van der Waals surface area contributed by atoms with Gasteiger partial charge in [0, 0.05) is 11.1 Å². The maximum Gasteiger partial charge on any atom is 0.241 e. The predicted molar refractivity (Wildman–Crippen MR) is 51.3 cm³/mol. The molecule has 1 aromatic carbocycles. The Hall–Kier alpha value is -1.48. The number of carbonyl (C=O) groups is 1. The number of amides is 1. The molecule has 0 bridgehead atoms. The van der Waals surface area contributed by atoms with Crippen molar-refractivity contribution in [1.29, 1.82) is 0 Å². The second-order valence-electron chi connectivity index (χ2n) is 2.48. The number of primary amides is 1. The predicted octanol–water partition coefficient (Wildman–Crippen LogP) is 1.54. The van der Waals surface area contributed by atoms with Crippen molar-refractivity contribution in [2.45, 2.75) is 0 Å². The summed E-state index contributed by atoms with van der Waals surface area (Å²) < 4.78 is 0. The molecule has 13 heavy (non-hydrogen) atoms. The number of phenolic OH excluding ortho intramolecular Hbond substituents is 1. The van der Waals surface area contributed by atoms with Gasteiger partial charge in [0.05, 0.1) is 0 Å². The molecule has 0 aliphatic rings. The summed E-state index contributed by atoms with van der Waals surface area (Å²) in [5, 5.41) is 9.53. The van der Waals surface area contributed by atoms with E-state index in [1.54, 1.807) is 6.07 Å². The third-order valence-electron chi connectivity index (χ3n) is 1.34. The number of halogens is 1. The first-order chi connectivity index (χ1) is 6.08. The van der Waals surface area contributed by atoms with E-state index in [2.05, 4.69) is 0 Å².